The summed E-state index contributed by atoms with van der Waals surface area (Å²) in [6.45, 7) is 4.94. The van der Waals surface area contributed by atoms with Crippen molar-refractivity contribution in [3.8, 4) is 0 Å². The van der Waals surface area contributed by atoms with Crippen LogP contribution in [-0.2, 0) is 13.7 Å². The van der Waals surface area contributed by atoms with Crippen molar-refractivity contribution in [2.24, 2.45) is 7.05 Å². The maximum absolute atomic E-state index is 14.5. The molecule has 2 atom stereocenters. The molecule has 2 aromatic carbocycles. The third-order valence-corrected chi connectivity index (χ3v) is 5.97. The number of rotatable bonds is 4. The van der Waals surface area contributed by atoms with Gasteiger partial charge in [0.05, 0.1) is 11.1 Å². The summed E-state index contributed by atoms with van der Waals surface area (Å²) in [7, 11) is 1.70. The number of fused-ring (bicyclic) bond motifs is 2. The number of halogens is 2. The van der Waals surface area contributed by atoms with Gasteiger partial charge in [0.2, 0.25) is 0 Å². The van der Waals surface area contributed by atoms with Gasteiger partial charge in [-0.05, 0) is 38.1 Å². The van der Waals surface area contributed by atoms with E-state index in [4.69, 9.17) is 0 Å². The third-order valence-electron chi connectivity index (χ3n) is 5.97. The fourth-order valence-electron chi connectivity index (χ4n) is 4.67. The molecule has 176 valence electrons. The molecule has 34 heavy (non-hydrogen) atoms. The summed E-state index contributed by atoms with van der Waals surface area (Å²) in [6.07, 6.45) is 3.25. The molecule has 1 amide bonds. The number of nitrogens with zero attached hydrogens (tertiary/aromatic N) is 5. The molecule has 0 radical (unpaired) electrons. The second-order valence-electron chi connectivity index (χ2n) is 8.84. The van der Waals surface area contributed by atoms with Gasteiger partial charge in [0.15, 0.2) is 11.6 Å². The maximum atomic E-state index is 14.5. The van der Waals surface area contributed by atoms with E-state index in [1.54, 1.807) is 31.6 Å². The first-order chi connectivity index (χ1) is 16.3. The Labute approximate surface area is 195 Å². The lowest BCUT2D eigenvalue weighted by Crippen LogP contribution is -2.54. The lowest BCUT2D eigenvalue weighted by molar-refractivity contribution is 0.102. The Morgan fingerprint density at radius 2 is 1.97 bits per heavy atom. The summed E-state index contributed by atoms with van der Waals surface area (Å²) in [5, 5.41) is 11.6. The number of nitrogens with one attached hydrogen (secondary N) is 2. The number of hydrogen-bond donors (Lipinski definition) is 2. The van der Waals surface area contributed by atoms with Crippen LogP contribution in [0.2, 0.25) is 0 Å². The second-order valence-corrected chi connectivity index (χ2v) is 8.84. The average Bonchev–Trinajstić information content (AvgIpc) is 3.18. The highest BCUT2D eigenvalue weighted by molar-refractivity contribution is 6.14. The molecule has 0 spiro atoms. The van der Waals surface area contributed by atoms with E-state index >= 15 is 0 Å². The highest BCUT2D eigenvalue weighted by atomic mass is 19.1. The summed E-state index contributed by atoms with van der Waals surface area (Å²) in [4.78, 5) is 23.9. The highest BCUT2D eigenvalue weighted by Crippen LogP contribution is 2.30. The SMILES string of the molecule is C[C@@H]1CN(c2ccc(C(=O)Nc3cc(F)c4nn(C)cc4c3)c3nc(CF)ncc23)C[C@H](C)N1. The molecule has 1 fully saturated rings. The summed E-state index contributed by atoms with van der Waals surface area (Å²) in [6, 6.07) is 7.00. The number of aryl methyl sites for hydroxylation is 1. The Hall–Kier alpha value is -3.66. The molecule has 8 nitrogen and oxygen atoms in total. The van der Waals surface area contributed by atoms with Gasteiger partial charge < -0.3 is 15.5 Å². The molecular weight excluding hydrogens is 440 g/mol. The molecule has 2 N–H and O–H groups in total. The largest absolute Gasteiger partial charge is 0.368 e. The van der Waals surface area contributed by atoms with E-state index in [-0.39, 0.29) is 29.0 Å². The standard InChI is InChI=1S/C24H25F2N7O/c1-13-10-33(11-14(2)28-13)20-5-4-17(23-18(20)9-27-21(8-25)30-23)24(34)29-16-6-15-12-32(3)31-22(15)19(26)7-16/h4-7,9,12-14,28H,8,10-11H2,1-3H3,(H,29,34)/t13-,14+. The summed E-state index contributed by atoms with van der Waals surface area (Å²) in [5.41, 5.74) is 2.04. The fourth-order valence-corrected chi connectivity index (χ4v) is 4.67. The quantitative estimate of drug-likeness (QED) is 0.479. The van der Waals surface area contributed by atoms with Crippen LogP contribution in [0, 0.1) is 5.82 Å². The van der Waals surface area contributed by atoms with Crippen molar-refractivity contribution in [3.05, 3.63) is 53.9 Å². The number of carbonyl (C=O) groups is 1. The first kappa shape index (κ1) is 22.1. The molecule has 0 aliphatic carbocycles. The Morgan fingerprint density at radius 1 is 1.21 bits per heavy atom. The number of amides is 1. The van der Waals surface area contributed by atoms with Crippen molar-refractivity contribution < 1.29 is 13.6 Å². The monoisotopic (exact) mass is 465 g/mol. The highest BCUT2D eigenvalue weighted by Gasteiger charge is 2.24. The molecular formula is C24H25F2N7O. The van der Waals surface area contributed by atoms with Gasteiger partial charge in [-0.1, -0.05) is 0 Å². The van der Waals surface area contributed by atoms with Crippen LogP contribution in [0.1, 0.15) is 30.0 Å². The Morgan fingerprint density at radius 3 is 2.71 bits per heavy atom. The second kappa shape index (κ2) is 8.60. The van der Waals surface area contributed by atoms with Crippen molar-refractivity contribution in [2.45, 2.75) is 32.6 Å². The van der Waals surface area contributed by atoms with Gasteiger partial charge in [0.1, 0.15) is 12.2 Å². The lowest BCUT2D eigenvalue weighted by atomic mass is 10.0. The number of piperazine rings is 1. The Balaban J connectivity index is 1.54. The summed E-state index contributed by atoms with van der Waals surface area (Å²) in [5.74, 6) is -0.995. The average molecular weight is 466 g/mol. The van der Waals surface area contributed by atoms with Crippen molar-refractivity contribution in [1.82, 2.24) is 25.1 Å². The zero-order valence-electron chi connectivity index (χ0n) is 19.1. The number of aromatic nitrogens is 4. The van der Waals surface area contributed by atoms with Crippen LogP contribution in [0.3, 0.4) is 0 Å². The topological polar surface area (TPSA) is 88.0 Å². The number of carbonyl (C=O) groups excluding carboxylic acids is 1. The fraction of sp³-hybridized carbons (Fsp3) is 0.333. The first-order valence-electron chi connectivity index (χ1n) is 11.1. The molecule has 0 saturated carbocycles. The summed E-state index contributed by atoms with van der Waals surface area (Å²) >= 11 is 0. The molecule has 4 aromatic rings. The minimum Gasteiger partial charge on any atom is -0.368 e. The predicted molar refractivity (Wildman–Crippen MR) is 127 cm³/mol. The van der Waals surface area contributed by atoms with Gasteiger partial charge in [0.25, 0.3) is 5.91 Å². The predicted octanol–water partition coefficient (Wildman–Crippen LogP) is 3.56. The number of hydrogen-bond acceptors (Lipinski definition) is 6. The van der Waals surface area contributed by atoms with Gasteiger partial charge in [0, 0.05) is 66.8 Å². The third kappa shape index (κ3) is 4.05. The van der Waals surface area contributed by atoms with Crippen LogP contribution in [0.5, 0.6) is 0 Å². The van der Waals surface area contributed by atoms with E-state index in [2.05, 4.69) is 44.4 Å². The van der Waals surface area contributed by atoms with Crippen LogP contribution >= 0.6 is 0 Å². The van der Waals surface area contributed by atoms with E-state index < -0.39 is 18.4 Å². The molecule has 10 heteroatoms. The minimum atomic E-state index is -0.841. The number of alkyl halides is 1. The van der Waals surface area contributed by atoms with Crippen LogP contribution in [-0.4, -0.2) is 50.8 Å². The van der Waals surface area contributed by atoms with Crippen molar-refractivity contribution in [2.75, 3.05) is 23.3 Å². The molecule has 3 heterocycles. The molecule has 1 saturated heterocycles. The van der Waals surface area contributed by atoms with E-state index in [0.29, 0.717) is 22.0 Å². The molecule has 0 bridgehead atoms. The zero-order valence-corrected chi connectivity index (χ0v) is 19.1. The number of anilines is 2. The van der Waals surface area contributed by atoms with Gasteiger partial charge in [-0.25, -0.2) is 18.7 Å². The minimum absolute atomic E-state index is 0.00331. The van der Waals surface area contributed by atoms with Gasteiger partial charge in [-0.15, -0.1) is 0 Å². The van der Waals surface area contributed by atoms with Crippen LogP contribution in [0.15, 0.2) is 36.7 Å². The van der Waals surface area contributed by atoms with E-state index in [0.717, 1.165) is 18.8 Å². The Kier molecular flexibility index (Phi) is 5.60. The summed E-state index contributed by atoms with van der Waals surface area (Å²) < 4.78 is 29.4. The van der Waals surface area contributed by atoms with Crippen molar-refractivity contribution in [1.29, 1.82) is 0 Å². The van der Waals surface area contributed by atoms with Crippen LogP contribution < -0.4 is 15.5 Å². The molecule has 1 aliphatic heterocycles. The molecule has 5 rings (SSSR count). The Bertz CT molecular complexity index is 1390. The zero-order chi connectivity index (χ0) is 24.0. The van der Waals surface area contributed by atoms with Crippen molar-refractivity contribution in [3.63, 3.8) is 0 Å². The normalized spacial score (nSPS) is 18.6. The smallest absolute Gasteiger partial charge is 0.257 e. The molecule has 0 unspecified atom stereocenters. The van der Waals surface area contributed by atoms with E-state index in [1.807, 2.05) is 6.07 Å². The van der Waals surface area contributed by atoms with E-state index in [1.165, 1.54) is 10.7 Å². The van der Waals surface area contributed by atoms with Crippen LogP contribution in [0.4, 0.5) is 20.2 Å². The van der Waals surface area contributed by atoms with Gasteiger partial charge in [-0.3, -0.25) is 9.48 Å². The first-order valence-corrected chi connectivity index (χ1v) is 11.1. The number of benzene rings is 2. The lowest BCUT2D eigenvalue weighted by Gasteiger charge is -2.38. The maximum Gasteiger partial charge on any atom is 0.257 e. The van der Waals surface area contributed by atoms with Gasteiger partial charge >= 0.3 is 0 Å². The van der Waals surface area contributed by atoms with E-state index in [9.17, 15) is 13.6 Å². The van der Waals surface area contributed by atoms with Crippen LogP contribution in [0.25, 0.3) is 21.8 Å². The molecule has 2 aromatic heterocycles. The molecule has 1 aliphatic rings. The van der Waals surface area contributed by atoms with Crippen molar-refractivity contribution >= 4 is 39.1 Å². The van der Waals surface area contributed by atoms with Gasteiger partial charge in [-0.2, -0.15) is 5.10 Å².